The standard InChI is InChI=1S/C9H10BrNO/c1-7(12)2-4-9-5-3-8(10)6-11-9/h2-7,12H,1H3/t7-/m1/s1. The molecule has 0 unspecified atom stereocenters. The molecule has 1 rings (SSSR count). The summed E-state index contributed by atoms with van der Waals surface area (Å²) in [6.45, 7) is 1.70. The van der Waals surface area contributed by atoms with Crippen LogP contribution in [-0.2, 0) is 0 Å². The molecule has 0 bridgehead atoms. The highest BCUT2D eigenvalue weighted by atomic mass is 79.9. The first-order chi connectivity index (χ1) is 5.68. The Bertz CT molecular complexity index is 266. The lowest BCUT2D eigenvalue weighted by atomic mass is 10.3. The predicted octanol–water partition coefficient (Wildman–Crippen LogP) is 2.24. The molecule has 0 spiro atoms. The number of aromatic nitrogens is 1. The fourth-order valence-corrected chi connectivity index (χ4v) is 0.958. The molecule has 64 valence electrons. The van der Waals surface area contributed by atoms with Crippen LogP contribution in [-0.4, -0.2) is 16.2 Å². The van der Waals surface area contributed by atoms with Crippen LogP contribution in [0, 0.1) is 0 Å². The van der Waals surface area contributed by atoms with Crippen molar-refractivity contribution in [2.24, 2.45) is 0 Å². The van der Waals surface area contributed by atoms with E-state index in [-0.39, 0.29) is 0 Å². The van der Waals surface area contributed by atoms with E-state index in [4.69, 9.17) is 5.11 Å². The zero-order chi connectivity index (χ0) is 8.97. The van der Waals surface area contributed by atoms with E-state index in [0.29, 0.717) is 0 Å². The zero-order valence-corrected chi connectivity index (χ0v) is 8.32. The van der Waals surface area contributed by atoms with Gasteiger partial charge in [0.2, 0.25) is 0 Å². The lowest BCUT2D eigenvalue weighted by molar-refractivity contribution is 0.245. The van der Waals surface area contributed by atoms with Crippen molar-refractivity contribution in [1.82, 2.24) is 4.98 Å². The van der Waals surface area contributed by atoms with E-state index < -0.39 is 6.10 Å². The summed E-state index contributed by atoms with van der Waals surface area (Å²) >= 11 is 3.29. The van der Waals surface area contributed by atoms with Crippen LogP contribution in [0.25, 0.3) is 6.08 Å². The third kappa shape index (κ3) is 3.15. The lowest BCUT2D eigenvalue weighted by Crippen LogP contribution is -1.91. The van der Waals surface area contributed by atoms with E-state index in [2.05, 4.69) is 20.9 Å². The SMILES string of the molecule is C[C@@H](O)C=Cc1ccc(Br)cn1. The second-order valence-electron chi connectivity index (χ2n) is 2.50. The maximum atomic E-state index is 8.94. The maximum absolute atomic E-state index is 8.94. The summed E-state index contributed by atoms with van der Waals surface area (Å²) in [6, 6.07) is 3.79. The van der Waals surface area contributed by atoms with Gasteiger partial charge in [0, 0.05) is 10.7 Å². The summed E-state index contributed by atoms with van der Waals surface area (Å²) in [6.07, 6.45) is 4.78. The van der Waals surface area contributed by atoms with Crippen LogP contribution in [0.4, 0.5) is 0 Å². The normalized spacial score (nSPS) is 13.6. The van der Waals surface area contributed by atoms with E-state index in [1.807, 2.05) is 12.1 Å². The molecule has 0 aliphatic carbocycles. The van der Waals surface area contributed by atoms with Gasteiger partial charge in [-0.3, -0.25) is 4.98 Å². The Kier molecular flexibility index (Phi) is 3.44. The lowest BCUT2D eigenvalue weighted by Gasteiger charge is -1.94. The number of nitrogens with zero attached hydrogens (tertiary/aromatic N) is 1. The highest BCUT2D eigenvalue weighted by Crippen LogP contribution is 2.08. The fourth-order valence-electron chi connectivity index (χ4n) is 0.724. The van der Waals surface area contributed by atoms with Crippen LogP contribution in [0.2, 0.25) is 0 Å². The van der Waals surface area contributed by atoms with Gasteiger partial charge in [-0.05, 0) is 41.1 Å². The van der Waals surface area contributed by atoms with Crippen LogP contribution in [0.15, 0.2) is 28.9 Å². The van der Waals surface area contributed by atoms with Gasteiger partial charge in [-0.2, -0.15) is 0 Å². The Morgan fingerprint density at radius 1 is 1.58 bits per heavy atom. The van der Waals surface area contributed by atoms with Crippen LogP contribution in [0.1, 0.15) is 12.6 Å². The number of pyridine rings is 1. The quantitative estimate of drug-likeness (QED) is 0.841. The van der Waals surface area contributed by atoms with Gasteiger partial charge in [0.15, 0.2) is 0 Å². The largest absolute Gasteiger partial charge is 0.389 e. The third-order valence-electron chi connectivity index (χ3n) is 1.30. The molecule has 0 aliphatic rings. The number of hydrogen-bond donors (Lipinski definition) is 1. The minimum Gasteiger partial charge on any atom is -0.389 e. The van der Waals surface area contributed by atoms with Gasteiger partial charge in [0.1, 0.15) is 0 Å². The smallest absolute Gasteiger partial charge is 0.0696 e. The molecule has 0 fully saturated rings. The predicted molar refractivity (Wildman–Crippen MR) is 52.7 cm³/mol. The number of rotatable bonds is 2. The Morgan fingerprint density at radius 3 is 2.83 bits per heavy atom. The molecule has 3 heteroatoms. The van der Waals surface area contributed by atoms with Gasteiger partial charge in [-0.15, -0.1) is 0 Å². The van der Waals surface area contributed by atoms with Gasteiger partial charge in [-0.1, -0.05) is 6.08 Å². The van der Waals surface area contributed by atoms with Crippen molar-refractivity contribution >= 4 is 22.0 Å². The number of hydrogen-bond acceptors (Lipinski definition) is 2. The van der Waals surface area contributed by atoms with Crippen LogP contribution >= 0.6 is 15.9 Å². The van der Waals surface area contributed by atoms with Crippen molar-refractivity contribution in [3.8, 4) is 0 Å². The topological polar surface area (TPSA) is 33.1 Å². The average Bonchev–Trinajstić information content (AvgIpc) is 2.03. The van der Waals surface area contributed by atoms with E-state index >= 15 is 0 Å². The second-order valence-corrected chi connectivity index (χ2v) is 3.42. The third-order valence-corrected chi connectivity index (χ3v) is 1.76. The van der Waals surface area contributed by atoms with Gasteiger partial charge >= 0.3 is 0 Å². The molecule has 0 aromatic carbocycles. The summed E-state index contributed by atoms with van der Waals surface area (Å²) in [7, 11) is 0. The van der Waals surface area contributed by atoms with E-state index in [0.717, 1.165) is 10.2 Å². The maximum Gasteiger partial charge on any atom is 0.0696 e. The van der Waals surface area contributed by atoms with Crippen LogP contribution in [0.3, 0.4) is 0 Å². The van der Waals surface area contributed by atoms with E-state index in [1.165, 1.54) is 0 Å². The molecule has 1 aromatic rings. The Hall–Kier alpha value is -0.670. The van der Waals surface area contributed by atoms with Crippen molar-refractivity contribution in [2.75, 3.05) is 0 Å². The molecule has 0 saturated heterocycles. The van der Waals surface area contributed by atoms with Crippen LogP contribution < -0.4 is 0 Å². The molecule has 0 amide bonds. The molecule has 1 N–H and O–H groups in total. The highest BCUT2D eigenvalue weighted by molar-refractivity contribution is 9.10. The van der Waals surface area contributed by atoms with Crippen molar-refractivity contribution in [1.29, 1.82) is 0 Å². The van der Waals surface area contributed by atoms with Crippen molar-refractivity contribution < 1.29 is 5.11 Å². The molecule has 1 aromatic heterocycles. The first-order valence-electron chi connectivity index (χ1n) is 3.66. The van der Waals surface area contributed by atoms with Gasteiger partial charge in [0.25, 0.3) is 0 Å². The summed E-state index contributed by atoms with van der Waals surface area (Å²) in [5.41, 5.74) is 0.846. The Morgan fingerprint density at radius 2 is 2.33 bits per heavy atom. The molecule has 1 atom stereocenters. The van der Waals surface area contributed by atoms with E-state index in [1.54, 1.807) is 25.3 Å². The van der Waals surface area contributed by atoms with Gasteiger partial charge in [0.05, 0.1) is 11.8 Å². The zero-order valence-electron chi connectivity index (χ0n) is 6.74. The number of aliphatic hydroxyl groups excluding tert-OH is 1. The summed E-state index contributed by atoms with van der Waals surface area (Å²) in [5, 5.41) is 8.94. The Balaban J connectivity index is 2.71. The fraction of sp³-hybridized carbons (Fsp3) is 0.222. The van der Waals surface area contributed by atoms with E-state index in [9.17, 15) is 0 Å². The summed E-state index contributed by atoms with van der Waals surface area (Å²) in [5.74, 6) is 0. The first kappa shape index (κ1) is 9.42. The minimum absolute atomic E-state index is 0.421. The van der Waals surface area contributed by atoms with Gasteiger partial charge < -0.3 is 5.11 Å². The molecule has 2 nitrogen and oxygen atoms in total. The Labute approximate surface area is 80.1 Å². The molecule has 1 heterocycles. The minimum atomic E-state index is -0.421. The molecular formula is C9H10BrNO. The molecular weight excluding hydrogens is 218 g/mol. The molecule has 0 aliphatic heterocycles. The van der Waals surface area contributed by atoms with Crippen molar-refractivity contribution in [3.05, 3.63) is 34.6 Å². The number of halogens is 1. The van der Waals surface area contributed by atoms with Crippen molar-refractivity contribution in [3.63, 3.8) is 0 Å². The summed E-state index contributed by atoms with van der Waals surface area (Å²) < 4.78 is 0.955. The molecule has 0 radical (unpaired) electrons. The highest BCUT2D eigenvalue weighted by Gasteiger charge is 1.90. The van der Waals surface area contributed by atoms with Crippen LogP contribution in [0.5, 0.6) is 0 Å². The molecule has 12 heavy (non-hydrogen) atoms. The average molecular weight is 228 g/mol. The monoisotopic (exact) mass is 227 g/mol. The second kappa shape index (κ2) is 4.38. The first-order valence-corrected chi connectivity index (χ1v) is 4.45. The summed E-state index contributed by atoms with van der Waals surface area (Å²) in [4.78, 5) is 4.11. The molecule has 0 saturated carbocycles. The number of aliphatic hydroxyl groups is 1. The van der Waals surface area contributed by atoms with Gasteiger partial charge in [-0.25, -0.2) is 0 Å². The van der Waals surface area contributed by atoms with Crippen molar-refractivity contribution in [2.45, 2.75) is 13.0 Å².